The molecular weight excluding hydrogens is 220 g/mol. The quantitative estimate of drug-likeness (QED) is 0.644. The SMILES string of the molecule is NC1CCCCC1Oc1ccc([N+](=O)[O-])cc1. The first-order chi connectivity index (χ1) is 8.16. The largest absolute Gasteiger partial charge is 0.489 e. The Balaban J connectivity index is 2.00. The lowest BCUT2D eigenvalue weighted by molar-refractivity contribution is -0.384. The zero-order valence-corrected chi connectivity index (χ0v) is 9.54. The molecule has 2 unspecified atom stereocenters. The van der Waals surface area contributed by atoms with Gasteiger partial charge in [0.25, 0.3) is 5.69 Å². The van der Waals surface area contributed by atoms with E-state index < -0.39 is 4.92 Å². The van der Waals surface area contributed by atoms with Gasteiger partial charge < -0.3 is 10.5 Å². The van der Waals surface area contributed by atoms with Crippen molar-refractivity contribution in [3.8, 4) is 5.75 Å². The highest BCUT2D eigenvalue weighted by Gasteiger charge is 2.23. The zero-order chi connectivity index (χ0) is 12.3. The maximum absolute atomic E-state index is 10.5. The van der Waals surface area contributed by atoms with Crippen molar-refractivity contribution in [2.24, 2.45) is 5.73 Å². The van der Waals surface area contributed by atoms with Gasteiger partial charge in [-0.3, -0.25) is 10.1 Å². The normalized spacial score (nSPS) is 24.3. The van der Waals surface area contributed by atoms with Gasteiger partial charge in [-0.25, -0.2) is 0 Å². The molecule has 5 heteroatoms. The molecule has 0 spiro atoms. The minimum Gasteiger partial charge on any atom is -0.489 e. The van der Waals surface area contributed by atoms with E-state index in [9.17, 15) is 10.1 Å². The van der Waals surface area contributed by atoms with Crippen LogP contribution in [0.25, 0.3) is 0 Å². The molecule has 0 radical (unpaired) electrons. The van der Waals surface area contributed by atoms with Gasteiger partial charge in [0, 0.05) is 18.2 Å². The standard InChI is InChI=1S/C12H16N2O3/c13-11-3-1-2-4-12(11)17-10-7-5-9(6-8-10)14(15)16/h5-8,11-12H,1-4,13H2. The zero-order valence-electron chi connectivity index (χ0n) is 9.54. The molecule has 1 aliphatic rings. The van der Waals surface area contributed by atoms with Crippen molar-refractivity contribution in [2.75, 3.05) is 0 Å². The monoisotopic (exact) mass is 236 g/mol. The number of nitro groups is 1. The van der Waals surface area contributed by atoms with Crippen LogP contribution in [0.2, 0.25) is 0 Å². The second-order valence-electron chi connectivity index (χ2n) is 4.36. The van der Waals surface area contributed by atoms with Crippen molar-refractivity contribution in [3.63, 3.8) is 0 Å². The Labute approximate surface area is 99.7 Å². The highest BCUT2D eigenvalue weighted by molar-refractivity contribution is 5.36. The van der Waals surface area contributed by atoms with Gasteiger partial charge in [0.2, 0.25) is 0 Å². The second kappa shape index (κ2) is 5.14. The Hall–Kier alpha value is -1.62. The molecule has 1 saturated carbocycles. The molecule has 0 aromatic heterocycles. The van der Waals surface area contributed by atoms with Gasteiger partial charge in [-0.2, -0.15) is 0 Å². The summed E-state index contributed by atoms with van der Waals surface area (Å²) < 4.78 is 5.75. The first kappa shape index (κ1) is 11.9. The Morgan fingerprint density at radius 1 is 1.24 bits per heavy atom. The van der Waals surface area contributed by atoms with Crippen LogP contribution >= 0.6 is 0 Å². The topological polar surface area (TPSA) is 78.4 Å². The third-order valence-electron chi connectivity index (χ3n) is 3.09. The van der Waals surface area contributed by atoms with Crippen molar-refractivity contribution in [1.82, 2.24) is 0 Å². The first-order valence-corrected chi connectivity index (χ1v) is 5.83. The lowest BCUT2D eigenvalue weighted by Crippen LogP contribution is -2.41. The van der Waals surface area contributed by atoms with Gasteiger partial charge >= 0.3 is 0 Å². The molecule has 0 bridgehead atoms. The van der Waals surface area contributed by atoms with Crippen LogP contribution in [0.4, 0.5) is 5.69 Å². The summed E-state index contributed by atoms with van der Waals surface area (Å²) in [5, 5.41) is 10.5. The third-order valence-corrected chi connectivity index (χ3v) is 3.09. The Bertz CT molecular complexity index is 391. The second-order valence-corrected chi connectivity index (χ2v) is 4.36. The first-order valence-electron chi connectivity index (χ1n) is 5.83. The van der Waals surface area contributed by atoms with Crippen molar-refractivity contribution in [1.29, 1.82) is 0 Å². The Morgan fingerprint density at radius 2 is 1.88 bits per heavy atom. The van der Waals surface area contributed by atoms with Crippen molar-refractivity contribution in [2.45, 2.75) is 37.8 Å². The molecule has 1 aliphatic carbocycles. The van der Waals surface area contributed by atoms with Crippen LogP contribution in [-0.2, 0) is 0 Å². The number of nitro benzene ring substituents is 1. The van der Waals surface area contributed by atoms with Crippen molar-refractivity contribution in [3.05, 3.63) is 34.4 Å². The Morgan fingerprint density at radius 3 is 2.47 bits per heavy atom. The molecule has 17 heavy (non-hydrogen) atoms. The summed E-state index contributed by atoms with van der Waals surface area (Å²) in [6.07, 6.45) is 4.26. The molecule has 1 fully saturated rings. The van der Waals surface area contributed by atoms with Crippen molar-refractivity contribution >= 4 is 5.69 Å². The van der Waals surface area contributed by atoms with Gasteiger partial charge in [0.1, 0.15) is 11.9 Å². The van der Waals surface area contributed by atoms with Crippen LogP contribution in [0, 0.1) is 10.1 Å². The molecule has 2 atom stereocenters. The molecular formula is C12H16N2O3. The van der Waals surface area contributed by atoms with Gasteiger partial charge in [0.15, 0.2) is 0 Å². The number of hydrogen-bond donors (Lipinski definition) is 1. The fourth-order valence-electron chi connectivity index (χ4n) is 2.09. The Kier molecular flexibility index (Phi) is 3.58. The molecule has 1 aromatic rings. The number of nitrogens with zero attached hydrogens (tertiary/aromatic N) is 1. The molecule has 0 aliphatic heterocycles. The highest BCUT2D eigenvalue weighted by atomic mass is 16.6. The van der Waals surface area contributed by atoms with E-state index in [1.807, 2.05) is 0 Å². The summed E-state index contributed by atoms with van der Waals surface area (Å²) in [6, 6.07) is 6.21. The van der Waals surface area contributed by atoms with Crippen molar-refractivity contribution < 1.29 is 9.66 Å². The van der Waals surface area contributed by atoms with Crippen LogP contribution in [0.5, 0.6) is 5.75 Å². The van der Waals surface area contributed by atoms with Gasteiger partial charge in [-0.15, -0.1) is 0 Å². The molecule has 5 nitrogen and oxygen atoms in total. The third kappa shape index (κ3) is 2.94. The number of hydrogen-bond acceptors (Lipinski definition) is 4. The predicted molar refractivity (Wildman–Crippen MR) is 64.0 cm³/mol. The van der Waals surface area contributed by atoms with Gasteiger partial charge in [-0.1, -0.05) is 6.42 Å². The van der Waals surface area contributed by atoms with Crippen LogP contribution < -0.4 is 10.5 Å². The predicted octanol–water partition coefficient (Wildman–Crippen LogP) is 2.24. The summed E-state index contributed by atoms with van der Waals surface area (Å²) in [5.74, 6) is 0.651. The number of nitrogens with two attached hydrogens (primary N) is 1. The lowest BCUT2D eigenvalue weighted by atomic mass is 9.93. The van der Waals surface area contributed by atoms with E-state index in [4.69, 9.17) is 10.5 Å². The van der Waals surface area contributed by atoms with E-state index in [0.29, 0.717) is 5.75 Å². The number of non-ortho nitro benzene ring substituents is 1. The molecule has 0 amide bonds. The number of ether oxygens (including phenoxy) is 1. The molecule has 2 rings (SSSR count). The maximum atomic E-state index is 10.5. The smallest absolute Gasteiger partial charge is 0.269 e. The van der Waals surface area contributed by atoms with E-state index >= 15 is 0 Å². The van der Waals surface area contributed by atoms with Crippen LogP contribution in [0.1, 0.15) is 25.7 Å². The average molecular weight is 236 g/mol. The fourth-order valence-corrected chi connectivity index (χ4v) is 2.09. The minimum atomic E-state index is -0.421. The molecule has 1 aromatic carbocycles. The minimum absolute atomic E-state index is 0.0326. The maximum Gasteiger partial charge on any atom is 0.269 e. The molecule has 2 N–H and O–H groups in total. The van der Waals surface area contributed by atoms with E-state index in [1.165, 1.54) is 12.1 Å². The molecule has 0 saturated heterocycles. The van der Waals surface area contributed by atoms with E-state index in [-0.39, 0.29) is 17.8 Å². The summed E-state index contributed by atoms with van der Waals surface area (Å²) in [5.41, 5.74) is 6.05. The fraction of sp³-hybridized carbons (Fsp3) is 0.500. The van der Waals surface area contributed by atoms with Gasteiger partial charge in [-0.05, 0) is 31.4 Å². The number of benzene rings is 1. The summed E-state index contributed by atoms with van der Waals surface area (Å²) in [7, 11) is 0. The summed E-state index contributed by atoms with van der Waals surface area (Å²) in [6.45, 7) is 0. The highest BCUT2D eigenvalue weighted by Crippen LogP contribution is 2.24. The molecule has 92 valence electrons. The van der Waals surface area contributed by atoms with Crippen LogP contribution in [0.15, 0.2) is 24.3 Å². The van der Waals surface area contributed by atoms with E-state index in [2.05, 4.69) is 0 Å². The van der Waals surface area contributed by atoms with Crippen LogP contribution in [-0.4, -0.2) is 17.1 Å². The van der Waals surface area contributed by atoms with E-state index in [1.54, 1.807) is 12.1 Å². The van der Waals surface area contributed by atoms with Crippen LogP contribution in [0.3, 0.4) is 0 Å². The summed E-state index contributed by atoms with van der Waals surface area (Å²) in [4.78, 5) is 10.1. The average Bonchev–Trinajstić information content (AvgIpc) is 2.33. The molecule has 0 heterocycles. The number of rotatable bonds is 3. The summed E-state index contributed by atoms with van der Waals surface area (Å²) >= 11 is 0. The van der Waals surface area contributed by atoms with Gasteiger partial charge in [0.05, 0.1) is 4.92 Å². The lowest BCUT2D eigenvalue weighted by Gasteiger charge is -2.29. The van der Waals surface area contributed by atoms with E-state index in [0.717, 1.165) is 25.7 Å².